The summed E-state index contributed by atoms with van der Waals surface area (Å²) in [6, 6.07) is 17.0. The second kappa shape index (κ2) is 15.3. The summed E-state index contributed by atoms with van der Waals surface area (Å²) in [4.78, 5) is 73.7. The van der Waals surface area contributed by atoms with Crippen LogP contribution in [0, 0.1) is 40.5 Å². The number of para-hydroxylation sites is 2. The SMILES string of the molecule is O=C(C(Cn1cc([N+](=O)[O-])nc1[N+](=O)[O-])N1CCN(c2ccccc2)CC1)C(Cn1cc([N+](=O)[O-])nc1[N+](=O)[O-])N1CCN(c2ccccc2)CC1. The van der Waals surface area contributed by atoms with E-state index in [1.165, 1.54) is 0 Å². The summed E-state index contributed by atoms with van der Waals surface area (Å²) in [6.45, 7) is 2.52. The fourth-order valence-corrected chi connectivity index (χ4v) is 6.75. The van der Waals surface area contributed by atoms with Gasteiger partial charge >= 0.3 is 23.5 Å². The van der Waals surface area contributed by atoms with E-state index >= 15 is 4.79 Å². The van der Waals surface area contributed by atoms with Gasteiger partial charge in [-0.1, -0.05) is 36.4 Å². The molecule has 0 aliphatic carbocycles. The minimum atomic E-state index is -1.11. The van der Waals surface area contributed by atoms with Crippen molar-refractivity contribution in [3.63, 3.8) is 0 Å². The van der Waals surface area contributed by atoms with Gasteiger partial charge < -0.3 is 50.3 Å². The fourth-order valence-electron chi connectivity index (χ4n) is 6.75. The Hall–Kier alpha value is -6.35. The van der Waals surface area contributed by atoms with E-state index in [-0.39, 0.29) is 13.1 Å². The minimum absolute atomic E-state index is 0.334. The third-order valence-corrected chi connectivity index (χ3v) is 9.34. The minimum Gasteiger partial charge on any atom is -0.390 e. The van der Waals surface area contributed by atoms with Gasteiger partial charge in [-0.2, -0.15) is 0 Å². The largest absolute Gasteiger partial charge is 0.439 e. The van der Waals surface area contributed by atoms with Crippen LogP contribution in [0.25, 0.3) is 0 Å². The number of aromatic nitrogens is 4. The van der Waals surface area contributed by atoms with Crippen molar-refractivity contribution in [2.75, 3.05) is 62.2 Å². The monoisotopic (exact) mass is 718 g/mol. The maximum absolute atomic E-state index is 15.0. The number of hydrogen-bond donors (Lipinski definition) is 0. The molecular weight excluding hydrogens is 684 g/mol. The van der Waals surface area contributed by atoms with Crippen molar-refractivity contribution in [2.45, 2.75) is 25.2 Å². The molecule has 21 heteroatoms. The van der Waals surface area contributed by atoms with E-state index < -0.39 is 61.1 Å². The Morgan fingerprint density at radius 2 is 0.904 bits per heavy atom. The summed E-state index contributed by atoms with van der Waals surface area (Å²) < 4.78 is 1.94. The number of anilines is 2. The molecule has 6 rings (SSSR count). The van der Waals surface area contributed by atoms with Crippen LogP contribution in [-0.2, 0) is 17.9 Å². The fraction of sp³-hybridized carbons (Fsp3) is 0.387. The van der Waals surface area contributed by atoms with E-state index in [0.29, 0.717) is 52.4 Å². The Labute approximate surface area is 294 Å². The highest BCUT2D eigenvalue weighted by Crippen LogP contribution is 2.26. The van der Waals surface area contributed by atoms with E-state index in [4.69, 9.17) is 0 Å². The molecule has 2 saturated heterocycles. The van der Waals surface area contributed by atoms with Crippen molar-refractivity contribution in [3.05, 3.63) is 114 Å². The molecule has 272 valence electrons. The lowest BCUT2D eigenvalue weighted by Crippen LogP contribution is -2.60. The lowest BCUT2D eigenvalue weighted by atomic mass is 9.99. The number of carbonyl (C=O) groups is 1. The van der Waals surface area contributed by atoms with E-state index in [1.807, 2.05) is 70.5 Å². The lowest BCUT2D eigenvalue weighted by molar-refractivity contribution is -0.403. The number of imidazole rings is 2. The molecule has 2 atom stereocenters. The van der Waals surface area contributed by atoms with E-state index in [9.17, 15) is 40.5 Å². The van der Waals surface area contributed by atoms with Gasteiger partial charge in [0.15, 0.2) is 18.2 Å². The van der Waals surface area contributed by atoms with E-state index in [1.54, 1.807) is 0 Å². The average Bonchev–Trinajstić information content (AvgIpc) is 3.79. The van der Waals surface area contributed by atoms with Crippen LogP contribution < -0.4 is 9.80 Å². The van der Waals surface area contributed by atoms with Crippen molar-refractivity contribution in [1.82, 2.24) is 28.9 Å². The van der Waals surface area contributed by atoms with Gasteiger partial charge in [-0.25, -0.2) is 9.13 Å². The predicted octanol–water partition coefficient (Wildman–Crippen LogP) is 2.36. The third kappa shape index (κ3) is 7.68. The van der Waals surface area contributed by atoms with Crippen molar-refractivity contribution in [2.24, 2.45) is 0 Å². The molecule has 2 unspecified atom stereocenters. The van der Waals surface area contributed by atoms with Crippen LogP contribution in [0.4, 0.5) is 34.9 Å². The zero-order valence-electron chi connectivity index (χ0n) is 27.7. The lowest BCUT2D eigenvalue weighted by Gasteiger charge is -2.43. The van der Waals surface area contributed by atoms with Gasteiger partial charge in [0.25, 0.3) is 0 Å². The van der Waals surface area contributed by atoms with Crippen LogP contribution >= 0.6 is 0 Å². The number of nitrogens with zero attached hydrogens (tertiary/aromatic N) is 12. The number of rotatable bonds is 14. The van der Waals surface area contributed by atoms with Crippen molar-refractivity contribution < 1.29 is 24.5 Å². The first kappa shape index (κ1) is 35.5. The molecule has 0 bridgehead atoms. The smallest absolute Gasteiger partial charge is 0.390 e. The molecule has 0 spiro atoms. The van der Waals surface area contributed by atoms with Crippen molar-refractivity contribution >= 4 is 40.7 Å². The van der Waals surface area contributed by atoms with Crippen LogP contribution in [0.2, 0.25) is 0 Å². The molecule has 2 fully saturated rings. The Bertz CT molecular complexity index is 1800. The second-order valence-electron chi connectivity index (χ2n) is 12.3. The van der Waals surface area contributed by atoms with Crippen LogP contribution in [0.15, 0.2) is 73.1 Å². The summed E-state index contributed by atoms with van der Waals surface area (Å²) in [7, 11) is 0. The van der Waals surface area contributed by atoms with Crippen LogP contribution in [-0.4, -0.2) is 119 Å². The number of carbonyl (C=O) groups excluding carboxylic acids is 1. The molecule has 52 heavy (non-hydrogen) atoms. The Kier molecular flexibility index (Phi) is 10.4. The molecule has 4 aromatic rings. The Morgan fingerprint density at radius 1 is 0.558 bits per heavy atom. The van der Waals surface area contributed by atoms with Crippen LogP contribution in [0.5, 0.6) is 0 Å². The summed E-state index contributed by atoms with van der Waals surface area (Å²) >= 11 is 0. The average molecular weight is 719 g/mol. The molecule has 2 aliphatic heterocycles. The molecule has 21 nitrogen and oxygen atoms in total. The highest BCUT2D eigenvalue weighted by molar-refractivity contribution is 5.89. The molecule has 0 N–H and O–H groups in total. The standard InChI is InChI=1S/C31H34N12O9/c44-29(25(19-38-21-27(40(45)46)32-30(38)42(49)50)36-15-11-34(12-16-36)23-7-3-1-4-8-23)26(20-39-22-28(41(47)48)33-31(39)43(51)52)37-17-13-35(14-18-37)24-9-5-2-6-10-24/h1-10,21-22,25-26H,11-20H2. The van der Waals surface area contributed by atoms with Gasteiger partial charge in [0.05, 0.1) is 13.1 Å². The summed E-state index contributed by atoms with van der Waals surface area (Å²) in [5.41, 5.74) is 1.93. The number of benzene rings is 2. The Morgan fingerprint density at radius 3 is 1.21 bits per heavy atom. The van der Waals surface area contributed by atoms with Gasteiger partial charge in [-0.15, -0.1) is 0 Å². The number of piperazine rings is 2. The van der Waals surface area contributed by atoms with Gasteiger partial charge in [0.2, 0.25) is 0 Å². The molecule has 2 aliphatic rings. The van der Waals surface area contributed by atoms with Gasteiger partial charge in [-0.05, 0) is 53.9 Å². The maximum atomic E-state index is 15.0. The molecule has 0 radical (unpaired) electrons. The van der Waals surface area contributed by atoms with Crippen LogP contribution in [0.1, 0.15) is 0 Å². The van der Waals surface area contributed by atoms with E-state index in [0.717, 1.165) is 32.9 Å². The first-order valence-corrected chi connectivity index (χ1v) is 16.3. The van der Waals surface area contributed by atoms with Gasteiger partial charge in [0.1, 0.15) is 12.1 Å². The normalized spacial score (nSPS) is 16.7. The second-order valence-corrected chi connectivity index (χ2v) is 12.3. The quantitative estimate of drug-likeness (QED) is 0.134. The number of nitro groups is 4. The molecule has 4 heterocycles. The first-order valence-electron chi connectivity index (χ1n) is 16.3. The Balaban J connectivity index is 1.36. The highest BCUT2D eigenvalue weighted by atomic mass is 16.6. The topological polar surface area (TPSA) is 238 Å². The third-order valence-electron chi connectivity index (χ3n) is 9.34. The predicted molar refractivity (Wildman–Crippen MR) is 184 cm³/mol. The van der Waals surface area contributed by atoms with Gasteiger partial charge in [-0.3, -0.25) is 14.6 Å². The molecular formula is C31H34N12O9. The highest BCUT2D eigenvalue weighted by Gasteiger charge is 2.41. The molecule has 0 saturated carbocycles. The van der Waals surface area contributed by atoms with Crippen molar-refractivity contribution in [1.29, 1.82) is 0 Å². The number of Topliss-reactive ketones (excluding diaryl/α,β-unsaturated/α-hetero) is 1. The molecule has 0 amide bonds. The molecule has 2 aromatic heterocycles. The maximum Gasteiger partial charge on any atom is 0.439 e. The zero-order chi connectivity index (χ0) is 36.9. The van der Waals surface area contributed by atoms with Crippen LogP contribution in [0.3, 0.4) is 0 Å². The number of ketones is 1. The zero-order valence-corrected chi connectivity index (χ0v) is 27.7. The summed E-state index contributed by atoms with van der Waals surface area (Å²) in [5.74, 6) is -3.64. The summed E-state index contributed by atoms with van der Waals surface area (Å²) in [5, 5.41) is 47.1. The summed E-state index contributed by atoms with van der Waals surface area (Å²) in [6.07, 6.45) is 1.83. The number of hydrogen-bond acceptors (Lipinski definition) is 15. The van der Waals surface area contributed by atoms with Gasteiger partial charge in [0, 0.05) is 63.7 Å². The molecule has 2 aromatic carbocycles. The van der Waals surface area contributed by atoms with Crippen molar-refractivity contribution in [3.8, 4) is 0 Å². The van der Waals surface area contributed by atoms with E-state index in [2.05, 4.69) is 19.8 Å². The first-order chi connectivity index (χ1) is 25.0.